The second-order valence-electron chi connectivity index (χ2n) is 5.30. The van der Waals surface area contributed by atoms with E-state index in [2.05, 4.69) is 10.6 Å². The topological polar surface area (TPSA) is 41.1 Å². The monoisotopic (exact) mass is 284 g/mol. The SMILES string of the molecule is CC(NC(=O)c1ccc2c(c1)CCN2)c1cccc(F)c1. The van der Waals surface area contributed by atoms with Crippen molar-refractivity contribution in [1.29, 1.82) is 0 Å². The van der Waals surface area contributed by atoms with Crippen LogP contribution in [0, 0.1) is 5.82 Å². The maximum absolute atomic E-state index is 13.2. The molecule has 3 nitrogen and oxygen atoms in total. The molecular weight excluding hydrogens is 267 g/mol. The first-order chi connectivity index (χ1) is 10.1. The number of rotatable bonds is 3. The van der Waals surface area contributed by atoms with E-state index in [1.54, 1.807) is 12.1 Å². The Morgan fingerprint density at radius 1 is 1.29 bits per heavy atom. The van der Waals surface area contributed by atoms with Gasteiger partial charge in [-0.15, -0.1) is 0 Å². The second-order valence-corrected chi connectivity index (χ2v) is 5.30. The number of anilines is 1. The minimum Gasteiger partial charge on any atom is -0.384 e. The predicted molar refractivity (Wildman–Crippen MR) is 80.9 cm³/mol. The van der Waals surface area contributed by atoms with E-state index in [1.807, 2.05) is 25.1 Å². The summed E-state index contributed by atoms with van der Waals surface area (Å²) in [7, 11) is 0. The highest BCUT2D eigenvalue weighted by Crippen LogP contribution is 2.23. The maximum atomic E-state index is 13.2. The highest BCUT2D eigenvalue weighted by atomic mass is 19.1. The summed E-state index contributed by atoms with van der Waals surface area (Å²) >= 11 is 0. The van der Waals surface area contributed by atoms with Crippen LogP contribution in [0.1, 0.15) is 34.5 Å². The molecule has 0 fully saturated rings. The lowest BCUT2D eigenvalue weighted by Gasteiger charge is -2.15. The second kappa shape index (κ2) is 5.56. The van der Waals surface area contributed by atoms with Crippen LogP contribution in [0.2, 0.25) is 0 Å². The molecule has 108 valence electrons. The van der Waals surface area contributed by atoms with E-state index in [-0.39, 0.29) is 17.8 Å². The fraction of sp³-hybridized carbons (Fsp3) is 0.235. The third-order valence-electron chi connectivity index (χ3n) is 3.77. The fourth-order valence-corrected chi connectivity index (χ4v) is 2.59. The Bertz CT molecular complexity index is 684. The molecule has 2 aromatic carbocycles. The van der Waals surface area contributed by atoms with Gasteiger partial charge in [-0.25, -0.2) is 4.39 Å². The lowest BCUT2D eigenvalue weighted by molar-refractivity contribution is 0.0939. The third kappa shape index (κ3) is 2.89. The molecule has 0 spiro atoms. The van der Waals surface area contributed by atoms with Crippen molar-refractivity contribution in [1.82, 2.24) is 5.32 Å². The molecule has 4 heteroatoms. The molecule has 0 bridgehead atoms. The summed E-state index contributed by atoms with van der Waals surface area (Å²) in [5.74, 6) is -0.432. The standard InChI is InChI=1S/C17H17FN2O/c1-11(12-3-2-4-15(18)10-12)20-17(21)14-5-6-16-13(9-14)7-8-19-16/h2-6,9-11,19H,7-8H2,1H3,(H,20,21). The minimum absolute atomic E-state index is 0.138. The molecule has 1 atom stereocenters. The van der Waals surface area contributed by atoms with Gasteiger partial charge in [0.15, 0.2) is 0 Å². The van der Waals surface area contributed by atoms with Crippen molar-refractivity contribution in [2.24, 2.45) is 0 Å². The number of halogens is 1. The van der Waals surface area contributed by atoms with Gasteiger partial charge in [-0.3, -0.25) is 4.79 Å². The number of fused-ring (bicyclic) bond motifs is 1. The molecule has 2 N–H and O–H groups in total. The highest BCUT2D eigenvalue weighted by Gasteiger charge is 2.15. The van der Waals surface area contributed by atoms with Crippen LogP contribution < -0.4 is 10.6 Å². The smallest absolute Gasteiger partial charge is 0.251 e. The molecule has 21 heavy (non-hydrogen) atoms. The van der Waals surface area contributed by atoms with Crippen molar-refractivity contribution >= 4 is 11.6 Å². The van der Waals surface area contributed by atoms with Crippen LogP contribution in [0.15, 0.2) is 42.5 Å². The van der Waals surface area contributed by atoms with Crippen molar-refractivity contribution in [3.63, 3.8) is 0 Å². The van der Waals surface area contributed by atoms with Crippen LogP contribution >= 0.6 is 0 Å². The van der Waals surface area contributed by atoms with E-state index in [0.717, 1.165) is 24.2 Å². The zero-order chi connectivity index (χ0) is 14.8. The van der Waals surface area contributed by atoms with Crippen molar-refractivity contribution < 1.29 is 9.18 Å². The molecule has 0 aliphatic carbocycles. The molecule has 1 amide bonds. The number of amides is 1. The van der Waals surface area contributed by atoms with Gasteiger partial charge in [-0.05, 0) is 54.8 Å². The molecule has 1 aliphatic heterocycles. The molecule has 0 saturated heterocycles. The number of hydrogen-bond acceptors (Lipinski definition) is 2. The summed E-state index contributed by atoms with van der Waals surface area (Å²) in [6.07, 6.45) is 0.940. The van der Waals surface area contributed by atoms with Gasteiger partial charge in [0.25, 0.3) is 5.91 Å². The first-order valence-corrected chi connectivity index (χ1v) is 7.06. The fourth-order valence-electron chi connectivity index (χ4n) is 2.59. The maximum Gasteiger partial charge on any atom is 0.251 e. The first-order valence-electron chi connectivity index (χ1n) is 7.06. The molecule has 1 heterocycles. The number of benzene rings is 2. The third-order valence-corrected chi connectivity index (χ3v) is 3.77. The summed E-state index contributed by atoms with van der Waals surface area (Å²) in [5, 5.41) is 6.17. The molecule has 1 aliphatic rings. The van der Waals surface area contributed by atoms with E-state index >= 15 is 0 Å². The van der Waals surface area contributed by atoms with Crippen LogP contribution in [0.5, 0.6) is 0 Å². The molecule has 2 aromatic rings. The van der Waals surface area contributed by atoms with Crippen molar-refractivity contribution in [3.8, 4) is 0 Å². The Kier molecular flexibility index (Phi) is 3.60. The molecule has 0 radical (unpaired) electrons. The van der Waals surface area contributed by atoms with E-state index < -0.39 is 0 Å². The molecule has 0 saturated carbocycles. The van der Waals surface area contributed by atoms with Crippen molar-refractivity contribution in [2.45, 2.75) is 19.4 Å². The van der Waals surface area contributed by atoms with Gasteiger partial charge in [0, 0.05) is 17.8 Å². The van der Waals surface area contributed by atoms with E-state index in [0.29, 0.717) is 5.56 Å². The van der Waals surface area contributed by atoms with Crippen LogP contribution in [-0.2, 0) is 6.42 Å². The van der Waals surface area contributed by atoms with E-state index in [4.69, 9.17) is 0 Å². The first kappa shape index (κ1) is 13.6. The normalized spacial score (nSPS) is 14.2. The average Bonchev–Trinajstić information content (AvgIpc) is 2.94. The Morgan fingerprint density at radius 3 is 2.95 bits per heavy atom. The van der Waals surface area contributed by atoms with E-state index in [9.17, 15) is 9.18 Å². The lowest BCUT2D eigenvalue weighted by Crippen LogP contribution is -2.26. The summed E-state index contributed by atoms with van der Waals surface area (Å²) < 4.78 is 13.2. The lowest BCUT2D eigenvalue weighted by atomic mass is 10.1. The Balaban J connectivity index is 1.74. The Hall–Kier alpha value is -2.36. The van der Waals surface area contributed by atoms with Gasteiger partial charge >= 0.3 is 0 Å². The van der Waals surface area contributed by atoms with Gasteiger partial charge < -0.3 is 10.6 Å². The largest absolute Gasteiger partial charge is 0.384 e. The number of carbonyl (C=O) groups is 1. The number of carbonyl (C=O) groups excluding carboxylic acids is 1. The summed E-state index contributed by atoms with van der Waals surface area (Å²) in [5.41, 5.74) is 3.66. The Labute approximate surface area is 123 Å². The van der Waals surface area contributed by atoms with Gasteiger partial charge in [-0.1, -0.05) is 12.1 Å². The minimum atomic E-state index is -0.294. The zero-order valence-corrected chi connectivity index (χ0v) is 11.8. The highest BCUT2D eigenvalue weighted by molar-refractivity contribution is 5.95. The summed E-state index contributed by atoms with van der Waals surface area (Å²) in [6, 6.07) is 11.7. The molecule has 1 unspecified atom stereocenters. The molecule has 0 aromatic heterocycles. The van der Waals surface area contributed by atoms with Crippen LogP contribution in [0.25, 0.3) is 0 Å². The quantitative estimate of drug-likeness (QED) is 0.908. The van der Waals surface area contributed by atoms with Crippen LogP contribution in [0.4, 0.5) is 10.1 Å². The predicted octanol–water partition coefficient (Wildman–Crippen LogP) is 3.28. The van der Waals surface area contributed by atoms with Gasteiger partial charge in [0.1, 0.15) is 5.82 Å². The van der Waals surface area contributed by atoms with Gasteiger partial charge in [-0.2, -0.15) is 0 Å². The number of nitrogens with one attached hydrogen (secondary N) is 2. The van der Waals surface area contributed by atoms with Gasteiger partial charge in [0.05, 0.1) is 6.04 Å². The zero-order valence-electron chi connectivity index (χ0n) is 11.8. The van der Waals surface area contributed by atoms with Crippen LogP contribution in [-0.4, -0.2) is 12.5 Å². The van der Waals surface area contributed by atoms with E-state index in [1.165, 1.54) is 17.7 Å². The molecule has 3 rings (SSSR count). The molecular formula is C17H17FN2O. The average molecular weight is 284 g/mol. The summed E-state index contributed by atoms with van der Waals surface area (Å²) in [4.78, 5) is 12.3. The van der Waals surface area contributed by atoms with Gasteiger partial charge in [0.2, 0.25) is 0 Å². The summed E-state index contributed by atoms with van der Waals surface area (Å²) in [6.45, 7) is 2.77. The van der Waals surface area contributed by atoms with Crippen LogP contribution in [0.3, 0.4) is 0 Å². The number of hydrogen-bond donors (Lipinski definition) is 2. The van der Waals surface area contributed by atoms with Crippen molar-refractivity contribution in [2.75, 3.05) is 11.9 Å². The Morgan fingerprint density at radius 2 is 2.14 bits per heavy atom. The van der Waals surface area contributed by atoms with Crippen molar-refractivity contribution in [3.05, 3.63) is 65.0 Å².